The number of aromatic nitrogens is 4. The minimum atomic E-state index is 0.503. The fourth-order valence-corrected chi connectivity index (χ4v) is 1.81. The van der Waals surface area contributed by atoms with Crippen LogP contribution in [0.2, 0.25) is 0 Å². The van der Waals surface area contributed by atoms with E-state index in [1.165, 1.54) is 0 Å². The molecule has 0 spiro atoms. The number of fused-ring (bicyclic) bond motifs is 1. The number of nitrogens with zero attached hydrogens (tertiary/aromatic N) is 4. The van der Waals surface area contributed by atoms with Crippen LogP contribution in [0.3, 0.4) is 0 Å². The molecular formula is C12H11N5. The van der Waals surface area contributed by atoms with Crippen molar-refractivity contribution < 1.29 is 0 Å². The van der Waals surface area contributed by atoms with Crippen LogP contribution in [-0.2, 0) is 0 Å². The van der Waals surface area contributed by atoms with Crippen molar-refractivity contribution in [1.29, 1.82) is 0 Å². The van der Waals surface area contributed by atoms with Crippen molar-refractivity contribution >= 4 is 16.7 Å². The highest BCUT2D eigenvalue weighted by Gasteiger charge is 2.05. The van der Waals surface area contributed by atoms with E-state index in [4.69, 9.17) is 5.73 Å². The van der Waals surface area contributed by atoms with Crippen LogP contribution < -0.4 is 5.73 Å². The van der Waals surface area contributed by atoms with Crippen molar-refractivity contribution in [2.24, 2.45) is 0 Å². The standard InChI is InChI=1S/C12H11N5/c1-8-4-10(2-3-14-8)17-11-7-15-12(13)5-9(11)6-16-17/h2-7H,1H3,(H2,13,15). The van der Waals surface area contributed by atoms with E-state index in [0.29, 0.717) is 5.82 Å². The molecule has 0 unspecified atom stereocenters. The highest BCUT2D eigenvalue weighted by molar-refractivity contribution is 5.81. The largest absolute Gasteiger partial charge is 0.384 e. The summed E-state index contributed by atoms with van der Waals surface area (Å²) < 4.78 is 1.83. The summed E-state index contributed by atoms with van der Waals surface area (Å²) in [5, 5.41) is 5.32. The van der Waals surface area contributed by atoms with Crippen LogP contribution in [0.4, 0.5) is 5.82 Å². The predicted molar refractivity (Wildman–Crippen MR) is 65.8 cm³/mol. The zero-order chi connectivity index (χ0) is 11.8. The van der Waals surface area contributed by atoms with Crippen molar-refractivity contribution in [1.82, 2.24) is 19.7 Å². The molecule has 5 nitrogen and oxygen atoms in total. The minimum absolute atomic E-state index is 0.503. The van der Waals surface area contributed by atoms with Crippen LogP contribution in [0, 0.1) is 6.92 Å². The summed E-state index contributed by atoms with van der Waals surface area (Å²) in [6.45, 7) is 1.95. The summed E-state index contributed by atoms with van der Waals surface area (Å²) >= 11 is 0. The molecule has 0 aliphatic carbocycles. The monoisotopic (exact) mass is 225 g/mol. The molecule has 0 fully saturated rings. The normalized spacial score (nSPS) is 10.9. The second-order valence-corrected chi connectivity index (χ2v) is 3.88. The smallest absolute Gasteiger partial charge is 0.124 e. The summed E-state index contributed by atoms with van der Waals surface area (Å²) in [6.07, 6.45) is 5.28. The summed E-state index contributed by atoms with van der Waals surface area (Å²) in [7, 11) is 0. The maximum Gasteiger partial charge on any atom is 0.124 e. The topological polar surface area (TPSA) is 69.6 Å². The maximum atomic E-state index is 5.64. The van der Waals surface area contributed by atoms with Crippen LogP contribution >= 0.6 is 0 Å². The Bertz CT molecular complexity index is 686. The van der Waals surface area contributed by atoms with Crippen LogP contribution in [-0.4, -0.2) is 19.7 Å². The van der Waals surface area contributed by atoms with Gasteiger partial charge in [0.2, 0.25) is 0 Å². The molecule has 0 aromatic carbocycles. The maximum absolute atomic E-state index is 5.64. The van der Waals surface area contributed by atoms with Crippen molar-refractivity contribution in [3.63, 3.8) is 0 Å². The Labute approximate surface area is 97.9 Å². The van der Waals surface area contributed by atoms with Gasteiger partial charge in [-0.3, -0.25) is 4.98 Å². The van der Waals surface area contributed by atoms with E-state index in [0.717, 1.165) is 22.3 Å². The SMILES string of the molecule is Cc1cc(-n2ncc3cc(N)ncc32)ccn1. The molecule has 3 rings (SSSR count). The van der Waals surface area contributed by atoms with E-state index in [-0.39, 0.29) is 0 Å². The summed E-state index contributed by atoms with van der Waals surface area (Å²) in [4.78, 5) is 8.26. The van der Waals surface area contributed by atoms with Gasteiger partial charge in [0.1, 0.15) is 5.82 Å². The van der Waals surface area contributed by atoms with E-state index < -0.39 is 0 Å². The lowest BCUT2D eigenvalue weighted by molar-refractivity contribution is 0.902. The van der Waals surface area contributed by atoms with Crippen LogP contribution in [0.15, 0.2) is 36.8 Å². The molecule has 3 aromatic rings. The minimum Gasteiger partial charge on any atom is -0.384 e. The quantitative estimate of drug-likeness (QED) is 0.684. The molecule has 0 aliphatic heterocycles. The fourth-order valence-electron chi connectivity index (χ4n) is 1.81. The van der Waals surface area contributed by atoms with Crippen LogP contribution in [0.5, 0.6) is 0 Å². The molecule has 0 saturated heterocycles. The van der Waals surface area contributed by atoms with Crippen molar-refractivity contribution in [2.75, 3.05) is 5.73 Å². The highest BCUT2D eigenvalue weighted by Crippen LogP contribution is 2.18. The number of rotatable bonds is 1. The second-order valence-electron chi connectivity index (χ2n) is 3.88. The van der Waals surface area contributed by atoms with Gasteiger partial charge in [-0.25, -0.2) is 9.67 Å². The van der Waals surface area contributed by atoms with Crippen molar-refractivity contribution in [3.8, 4) is 5.69 Å². The Balaban J connectivity index is 2.24. The Morgan fingerprint density at radius 1 is 1.18 bits per heavy atom. The molecular weight excluding hydrogens is 214 g/mol. The van der Waals surface area contributed by atoms with Gasteiger partial charge >= 0.3 is 0 Å². The highest BCUT2D eigenvalue weighted by atomic mass is 15.3. The second kappa shape index (κ2) is 3.55. The third-order valence-electron chi connectivity index (χ3n) is 2.60. The molecule has 84 valence electrons. The van der Waals surface area contributed by atoms with Crippen LogP contribution in [0.1, 0.15) is 5.69 Å². The van der Waals surface area contributed by atoms with Gasteiger partial charge in [-0.2, -0.15) is 5.10 Å². The lowest BCUT2D eigenvalue weighted by Crippen LogP contribution is -1.98. The number of hydrogen-bond acceptors (Lipinski definition) is 4. The third-order valence-corrected chi connectivity index (χ3v) is 2.60. The summed E-state index contributed by atoms with van der Waals surface area (Å²) in [5.41, 5.74) is 8.50. The van der Waals surface area contributed by atoms with Gasteiger partial charge < -0.3 is 5.73 Å². The first-order valence-electron chi connectivity index (χ1n) is 5.26. The first-order valence-corrected chi connectivity index (χ1v) is 5.26. The van der Waals surface area contributed by atoms with E-state index in [2.05, 4.69) is 15.1 Å². The van der Waals surface area contributed by atoms with Gasteiger partial charge in [0.25, 0.3) is 0 Å². The molecule has 0 atom stereocenters. The Morgan fingerprint density at radius 2 is 2.06 bits per heavy atom. The first-order chi connectivity index (χ1) is 8.24. The van der Waals surface area contributed by atoms with Gasteiger partial charge in [0.15, 0.2) is 0 Å². The van der Waals surface area contributed by atoms with E-state index in [1.807, 2.05) is 29.8 Å². The number of aryl methyl sites for hydroxylation is 1. The molecule has 0 radical (unpaired) electrons. The third kappa shape index (κ3) is 1.61. The lowest BCUT2D eigenvalue weighted by Gasteiger charge is -2.03. The van der Waals surface area contributed by atoms with E-state index >= 15 is 0 Å². The fraction of sp³-hybridized carbons (Fsp3) is 0.0833. The number of nitrogens with two attached hydrogens (primary N) is 1. The molecule has 2 N–H and O–H groups in total. The van der Waals surface area contributed by atoms with Crippen molar-refractivity contribution in [2.45, 2.75) is 6.92 Å². The average Bonchev–Trinajstić information content (AvgIpc) is 2.71. The molecule has 0 amide bonds. The predicted octanol–water partition coefficient (Wildman–Crippen LogP) is 1.71. The first kappa shape index (κ1) is 9.77. The van der Waals surface area contributed by atoms with E-state index in [1.54, 1.807) is 18.6 Å². The van der Waals surface area contributed by atoms with Gasteiger partial charge in [0.05, 0.1) is 23.6 Å². The Hall–Kier alpha value is -2.43. The van der Waals surface area contributed by atoms with Crippen LogP contribution in [0.25, 0.3) is 16.6 Å². The summed E-state index contributed by atoms with van der Waals surface area (Å²) in [6, 6.07) is 5.70. The number of nitrogen functional groups attached to an aromatic ring is 1. The molecule has 3 aromatic heterocycles. The van der Waals surface area contributed by atoms with Gasteiger partial charge in [-0.05, 0) is 25.1 Å². The molecule has 0 aliphatic rings. The number of hydrogen-bond donors (Lipinski definition) is 1. The molecule has 17 heavy (non-hydrogen) atoms. The average molecular weight is 225 g/mol. The zero-order valence-electron chi connectivity index (χ0n) is 9.33. The van der Waals surface area contributed by atoms with E-state index in [9.17, 15) is 0 Å². The van der Waals surface area contributed by atoms with Crippen molar-refractivity contribution in [3.05, 3.63) is 42.5 Å². The number of anilines is 1. The Kier molecular flexibility index (Phi) is 2.04. The molecule has 3 heterocycles. The summed E-state index contributed by atoms with van der Waals surface area (Å²) in [5.74, 6) is 0.503. The van der Waals surface area contributed by atoms with Gasteiger partial charge in [0, 0.05) is 17.3 Å². The molecule has 0 saturated carbocycles. The molecule has 5 heteroatoms. The lowest BCUT2D eigenvalue weighted by atomic mass is 10.3. The zero-order valence-corrected chi connectivity index (χ0v) is 9.33. The van der Waals surface area contributed by atoms with Gasteiger partial charge in [-0.1, -0.05) is 0 Å². The Morgan fingerprint density at radius 3 is 2.88 bits per heavy atom. The molecule has 0 bridgehead atoms. The van der Waals surface area contributed by atoms with Gasteiger partial charge in [-0.15, -0.1) is 0 Å². The number of pyridine rings is 2.